The van der Waals surface area contributed by atoms with Gasteiger partial charge in [-0.25, -0.2) is 0 Å². The molecule has 0 unspecified atom stereocenters. The fourth-order valence-corrected chi connectivity index (χ4v) is 3.61. The van der Waals surface area contributed by atoms with Crippen LogP contribution in [0, 0.1) is 0 Å². The Balaban J connectivity index is 1.38. The summed E-state index contributed by atoms with van der Waals surface area (Å²) in [6.07, 6.45) is 6.36. The van der Waals surface area contributed by atoms with Crippen molar-refractivity contribution in [2.45, 2.75) is 56.8 Å². The van der Waals surface area contributed by atoms with Crippen molar-refractivity contribution in [3.05, 3.63) is 35.9 Å². The average molecular weight is 346 g/mol. The lowest BCUT2D eigenvalue weighted by molar-refractivity contribution is -0.136. The lowest BCUT2D eigenvalue weighted by Gasteiger charge is -2.34. The molecular formula is C20H30N2O3. The Labute approximate surface area is 150 Å². The van der Waals surface area contributed by atoms with E-state index < -0.39 is 6.04 Å². The van der Waals surface area contributed by atoms with Crippen LogP contribution in [0.3, 0.4) is 0 Å². The Morgan fingerprint density at radius 3 is 2.64 bits per heavy atom. The summed E-state index contributed by atoms with van der Waals surface area (Å²) in [4.78, 5) is 14.4. The summed E-state index contributed by atoms with van der Waals surface area (Å²) in [7, 11) is 0. The lowest BCUT2D eigenvalue weighted by atomic mass is 10.0. The van der Waals surface area contributed by atoms with Gasteiger partial charge in [0.1, 0.15) is 0 Å². The maximum Gasteiger partial charge on any atom is 0.239 e. The SMILES string of the molecule is N[C@@H](Cc1ccccc1)C(=O)N1CCC(OC[C@H]2CCCCO2)CC1. The number of nitrogens with zero attached hydrogens (tertiary/aromatic N) is 1. The molecule has 2 aliphatic rings. The van der Waals surface area contributed by atoms with E-state index in [1.54, 1.807) is 0 Å². The molecule has 0 radical (unpaired) electrons. The maximum absolute atomic E-state index is 12.6. The molecule has 25 heavy (non-hydrogen) atoms. The lowest BCUT2D eigenvalue weighted by Crippen LogP contribution is -2.49. The molecular weight excluding hydrogens is 316 g/mol. The number of carbonyl (C=O) groups is 1. The normalized spacial score (nSPS) is 23.4. The standard InChI is InChI=1S/C20H30N2O3/c21-19(14-16-6-2-1-3-7-16)20(23)22-11-9-17(10-12-22)25-15-18-8-4-5-13-24-18/h1-3,6-7,17-19H,4-5,8-15,21H2/t18-,19+/m1/s1. The fourth-order valence-electron chi connectivity index (χ4n) is 3.61. The predicted molar refractivity (Wildman–Crippen MR) is 97.3 cm³/mol. The van der Waals surface area contributed by atoms with Gasteiger partial charge in [-0.15, -0.1) is 0 Å². The molecule has 2 fully saturated rings. The molecule has 1 amide bonds. The first kappa shape index (κ1) is 18.4. The third kappa shape index (κ3) is 5.53. The van der Waals surface area contributed by atoms with Crippen molar-refractivity contribution in [1.29, 1.82) is 0 Å². The summed E-state index contributed by atoms with van der Waals surface area (Å²) in [5.41, 5.74) is 7.24. The van der Waals surface area contributed by atoms with E-state index in [4.69, 9.17) is 15.2 Å². The van der Waals surface area contributed by atoms with Crippen molar-refractivity contribution < 1.29 is 14.3 Å². The highest BCUT2D eigenvalue weighted by Crippen LogP contribution is 2.18. The number of likely N-dealkylation sites (tertiary alicyclic amines) is 1. The molecule has 2 aliphatic heterocycles. The minimum atomic E-state index is -0.462. The van der Waals surface area contributed by atoms with Gasteiger partial charge in [-0.3, -0.25) is 4.79 Å². The number of benzene rings is 1. The summed E-state index contributed by atoms with van der Waals surface area (Å²) in [5.74, 6) is 0.0536. The quantitative estimate of drug-likeness (QED) is 0.857. The van der Waals surface area contributed by atoms with Crippen molar-refractivity contribution in [1.82, 2.24) is 4.90 Å². The maximum atomic E-state index is 12.6. The van der Waals surface area contributed by atoms with E-state index in [9.17, 15) is 4.79 Å². The molecule has 0 aliphatic carbocycles. The molecule has 0 spiro atoms. The van der Waals surface area contributed by atoms with E-state index >= 15 is 0 Å². The van der Waals surface area contributed by atoms with Gasteiger partial charge in [0.05, 0.1) is 24.9 Å². The molecule has 5 nitrogen and oxygen atoms in total. The first-order chi connectivity index (χ1) is 12.2. The number of carbonyl (C=O) groups excluding carboxylic acids is 1. The van der Waals surface area contributed by atoms with E-state index in [-0.39, 0.29) is 18.1 Å². The molecule has 2 saturated heterocycles. The Bertz CT molecular complexity index is 523. The van der Waals surface area contributed by atoms with Gasteiger partial charge in [0, 0.05) is 19.7 Å². The molecule has 1 aromatic rings. The van der Waals surface area contributed by atoms with Crippen molar-refractivity contribution in [2.75, 3.05) is 26.3 Å². The fraction of sp³-hybridized carbons (Fsp3) is 0.650. The number of hydrogen-bond acceptors (Lipinski definition) is 4. The van der Waals surface area contributed by atoms with Crippen LogP contribution in [0.4, 0.5) is 0 Å². The molecule has 0 bridgehead atoms. The number of ether oxygens (including phenoxy) is 2. The Morgan fingerprint density at radius 1 is 1.20 bits per heavy atom. The second-order valence-corrected chi connectivity index (χ2v) is 7.14. The summed E-state index contributed by atoms with van der Waals surface area (Å²) in [6, 6.07) is 9.49. The van der Waals surface area contributed by atoms with Gasteiger partial charge in [0.15, 0.2) is 0 Å². The van der Waals surface area contributed by atoms with E-state index in [0.717, 1.165) is 44.5 Å². The van der Waals surface area contributed by atoms with Crippen molar-refractivity contribution in [3.8, 4) is 0 Å². The largest absolute Gasteiger partial charge is 0.376 e. The third-order valence-corrected chi connectivity index (χ3v) is 5.16. The smallest absolute Gasteiger partial charge is 0.239 e. The van der Waals surface area contributed by atoms with Crippen LogP contribution in [0.5, 0.6) is 0 Å². The molecule has 1 aromatic carbocycles. The number of rotatable bonds is 6. The van der Waals surface area contributed by atoms with E-state index in [2.05, 4.69) is 0 Å². The first-order valence-electron chi connectivity index (χ1n) is 9.54. The van der Waals surface area contributed by atoms with E-state index in [1.165, 1.54) is 12.8 Å². The Hall–Kier alpha value is -1.43. The number of piperidine rings is 1. The second-order valence-electron chi connectivity index (χ2n) is 7.14. The first-order valence-corrected chi connectivity index (χ1v) is 9.54. The highest BCUT2D eigenvalue weighted by atomic mass is 16.5. The zero-order chi connectivity index (χ0) is 17.5. The van der Waals surface area contributed by atoms with Gasteiger partial charge in [-0.2, -0.15) is 0 Å². The molecule has 0 aromatic heterocycles. The predicted octanol–water partition coefficient (Wildman–Crippen LogP) is 2.13. The van der Waals surface area contributed by atoms with Crippen LogP contribution < -0.4 is 5.73 Å². The van der Waals surface area contributed by atoms with Gasteiger partial charge < -0.3 is 20.1 Å². The second kappa shape index (κ2) is 9.32. The topological polar surface area (TPSA) is 64.8 Å². The van der Waals surface area contributed by atoms with Gasteiger partial charge in [-0.05, 0) is 44.1 Å². The van der Waals surface area contributed by atoms with Crippen molar-refractivity contribution in [2.24, 2.45) is 5.73 Å². The van der Waals surface area contributed by atoms with Crippen LogP contribution in [0.1, 0.15) is 37.7 Å². The van der Waals surface area contributed by atoms with Gasteiger partial charge in [0.2, 0.25) is 5.91 Å². The molecule has 138 valence electrons. The van der Waals surface area contributed by atoms with E-state index in [1.807, 2.05) is 35.2 Å². The Morgan fingerprint density at radius 2 is 1.96 bits per heavy atom. The van der Waals surface area contributed by atoms with Crippen LogP contribution in [-0.4, -0.2) is 55.4 Å². The zero-order valence-corrected chi connectivity index (χ0v) is 14.9. The molecule has 2 atom stereocenters. The molecule has 3 rings (SSSR count). The minimum absolute atomic E-state index is 0.0536. The van der Waals surface area contributed by atoms with Gasteiger partial charge >= 0.3 is 0 Å². The van der Waals surface area contributed by atoms with Crippen LogP contribution in [0.15, 0.2) is 30.3 Å². The number of amides is 1. The monoisotopic (exact) mass is 346 g/mol. The van der Waals surface area contributed by atoms with Crippen LogP contribution >= 0.6 is 0 Å². The molecule has 5 heteroatoms. The zero-order valence-electron chi connectivity index (χ0n) is 14.9. The minimum Gasteiger partial charge on any atom is -0.376 e. The third-order valence-electron chi connectivity index (χ3n) is 5.16. The number of hydrogen-bond donors (Lipinski definition) is 1. The molecule has 0 saturated carbocycles. The van der Waals surface area contributed by atoms with E-state index in [0.29, 0.717) is 13.0 Å². The molecule has 2 N–H and O–H groups in total. The number of nitrogens with two attached hydrogens (primary N) is 1. The van der Waals surface area contributed by atoms with Crippen LogP contribution in [0.25, 0.3) is 0 Å². The van der Waals surface area contributed by atoms with Crippen molar-refractivity contribution >= 4 is 5.91 Å². The van der Waals surface area contributed by atoms with Crippen LogP contribution in [0.2, 0.25) is 0 Å². The summed E-state index contributed by atoms with van der Waals surface area (Å²) < 4.78 is 11.7. The van der Waals surface area contributed by atoms with Gasteiger partial charge in [0.25, 0.3) is 0 Å². The van der Waals surface area contributed by atoms with Crippen LogP contribution in [-0.2, 0) is 20.7 Å². The Kier molecular flexibility index (Phi) is 6.84. The highest BCUT2D eigenvalue weighted by Gasteiger charge is 2.27. The summed E-state index contributed by atoms with van der Waals surface area (Å²) in [6.45, 7) is 3.02. The summed E-state index contributed by atoms with van der Waals surface area (Å²) >= 11 is 0. The highest BCUT2D eigenvalue weighted by molar-refractivity contribution is 5.82. The summed E-state index contributed by atoms with van der Waals surface area (Å²) in [5, 5.41) is 0. The molecule has 2 heterocycles. The van der Waals surface area contributed by atoms with Gasteiger partial charge in [-0.1, -0.05) is 30.3 Å². The van der Waals surface area contributed by atoms with Crippen molar-refractivity contribution in [3.63, 3.8) is 0 Å². The average Bonchev–Trinajstić information content (AvgIpc) is 2.68.